The van der Waals surface area contributed by atoms with Crippen molar-refractivity contribution >= 4 is 63.6 Å². The van der Waals surface area contributed by atoms with Gasteiger partial charge in [0, 0.05) is 46.9 Å². The highest BCUT2D eigenvalue weighted by molar-refractivity contribution is 6.38. The highest BCUT2D eigenvalue weighted by Gasteiger charge is 2.19. The minimum Gasteiger partial charge on any atom is -0.487 e. The zero-order valence-corrected chi connectivity index (χ0v) is 24.9. The van der Waals surface area contributed by atoms with Crippen LogP contribution in [0.3, 0.4) is 0 Å². The van der Waals surface area contributed by atoms with E-state index >= 15 is 0 Å². The first kappa shape index (κ1) is 30.6. The molecule has 8 nitrogen and oxygen atoms in total. The summed E-state index contributed by atoms with van der Waals surface area (Å²) in [7, 11) is 1.57. The van der Waals surface area contributed by atoms with Gasteiger partial charge >= 0.3 is 0 Å². The van der Waals surface area contributed by atoms with E-state index in [-0.39, 0.29) is 30.0 Å². The van der Waals surface area contributed by atoms with Crippen LogP contribution in [0.15, 0.2) is 72.8 Å². The largest absolute Gasteiger partial charge is 0.487 e. The number of carbonyl (C=O) groups is 3. The van der Waals surface area contributed by atoms with E-state index in [0.717, 1.165) is 22.2 Å². The number of amides is 3. The van der Waals surface area contributed by atoms with E-state index in [4.69, 9.17) is 27.9 Å². The van der Waals surface area contributed by atoms with Gasteiger partial charge in [-0.2, -0.15) is 0 Å². The number of halogens is 2. The molecule has 0 saturated carbocycles. The highest BCUT2D eigenvalue weighted by atomic mass is 35.5. The molecule has 42 heavy (non-hydrogen) atoms. The molecule has 0 aliphatic carbocycles. The summed E-state index contributed by atoms with van der Waals surface area (Å²) in [6.45, 7) is 4.11. The molecule has 3 aromatic carbocycles. The quantitative estimate of drug-likeness (QED) is 0.217. The number of rotatable bonds is 10. The standard InChI is InChI=1S/C32H30Cl2N4O4/c1-4-35-32(41)23-13-9-21(10-14-23)11-17-28(39)36-18-29(40)38(3)26-16-15-25(33)24(30(26)34)19-42-27-7-5-6-22-12-8-20(2)37-31(22)27/h5-17H,4,18-19H2,1-3H3,(H,35,41)(H,36,39). The minimum absolute atomic E-state index is 0.0636. The molecule has 1 aromatic heterocycles. The van der Waals surface area contributed by atoms with Crippen molar-refractivity contribution in [2.75, 3.05) is 25.0 Å². The van der Waals surface area contributed by atoms with Gasteiger partial charge in [-0.1, -0.05) is 53.5 Å². The zero-order chi connectivity index (χ0) is 30.2. The van der Waals surface area contributed by atoms with Crippen LogP contribution in [0.5, 0.6) is 5.75 Å². The number of anilines is 1. The summed E-state index contributed by atoms with van der Waals surface area (Å²) in [4.78, 5) is 43.1. The predicted molar refractivity (Wildman–Crippen MR) is 167 cm³/mol. The van der Waals surface area contributed by atoms with E-state index in [2.05, 4.69) is 15.6 Å². The summed E-state index contributed by atoms with van der Waals surface area (Å²) in [5.41, 5.74) is 3.81. The monoisotopic (exact) mass is 604 g/mol. The lowest BCUT2D eigenvalue weighted by Crippen LogP contribution is -2.37. The third kappa shape index (κ3) is 7.46. The number of carbonyl (C=O) groups excluding carboxylic acids is 3. The third-order valence-electron chi connectivity index (χ3n) is 6.45. The van der Waals surface area contributed by atoms with Crippen LogP contribution in [0.1, 0.15) is 34.1 Å². The Bertz CT molecular complexity index is 1650. The first-order chi connectivity index (χ1) is 20.2. The van der Waals surface area contributed by atoms with E-state index in [9.17, 15) is 14.4 Å². The van der Waals surface area contributed by atoms with E-state index in [0.29, 0.717) is 34.1 Å². The van der Waals surface area contributed by atoms with Crippen molar-refractivity contribution in [3.05, 3.63) is 105 Å². The second-order valence-corrected chi connectivity index (χ2v) is 10.2. The van der Waals surface area contributed by atoms with Crippen molar-refractivity contribution in [2.24, 2.45) is 0 Å². The summed E-state index contributed by atoms with van der Waals surface area (Å²) in [6.07, 6.45) is 2.92. The summed E-state index contributed by atoms with van der Waals surface area (Å²) in [5.74, 6) is -0.398. The summed E-state index contributed by atoms with van der Waals surface area (Å²) >= 11 is 13.1. The van der Waals surface area contributed by atoms with Crippen molar-refractivity contribution < 1.29 is 19.1 Å². The summed E-state index contributed by atoms with van der Waals surface area (Å²) < 4.78 is 6.07. The average Bonchev–Trinajstić information content (AvgIpc) is 2.99. The Morgan fingerprint density at radius 3 is 2.48 bits per heavy atom. The predicted octanol–water partition coefficient (Wildman–Crippen LogP) is 5.97. The van der Waals surface area contributed by atoms with Gasteiger partial charge in [0.25, 0.3) is 5.91 Å². The maximum Gasteiger partial charge on any atom is 0.251 e. The fraction of sp³-hybridized carbons (Fsp3) is 0.188. The van der Waals surface area contributed by atoms with Crippen molar-refractivity contribution in [1.82, 2.24) is 15.6 Å². The van der Waals surface area contributed by atoms with Gasteiger partial charge in [-0.3, -0.25) is 14.4 Å². The average molecular weight is 606 g/mol. The van der Waals surface area contributed by atoms with Gasteiger partial charge in [0.2, 0.25) is 11.8 Å². The number of benzene rings is 3. The molecule has 0 spiro atoms. The molecule has 0 unspecified atom stereocenters. The van der Waals surface area contributed by atoms with Crippen LogP contribution in [0, 0.1) is 6.92 Å². The van der Waals surface area contributed by atoms with Crippen molar-refractivity contribution in [3.63, 3.8) is 0 Å². The Morgan fingerprint density at radius 1 is 0.976 bits per heavy atom. The number of likely N-dealkylation sites (N-methyl/N-ethyl adjacent to an activating group) is 1. The van der Waals surface area contributed by atoms with Crippen molar-refractivity contribution in [3.8, 4) is 5.75 Å². The third-order valence-corrected chi connectivity index (χ3v) is 7.22. The number of pyridine rings is 1. The molecular formula is C32H30Cl2N4O4. The van der Waals surface area contributed by atoms with E-state index < -0.39 is 5.91 Å². The molecule has 0 bridgehead atoms. The number of para-hydroxylation sites is 1. The molecule has 10 heteroatoms. The molecule has 216 valence electrons. The van der Waals surface area contributed by atoms with Crippen LogP contribution in [0.2, 0.25) is 10.0 Å². The molecule has 2 N–H and O–H groups in total. The number of fused-ring (bicyclic) bond motifs is 1. The zero-order valence-electron chi connectivity index (χ0n) is 23.4. The van der Waals surface area contributed by atoms with E-state index in [1.54, 1.807) is 49.5 Å². The molecule has 4 rings (SSSR count). The number of hydrogen-bond donors (Lipinski definition) is 2. The molecule has 0 fully saturated rings. The van der Waals surface area contributed by atoms with Crippen LogP contribution >= 0.6 is 23.2 Å². The molecule has 0 aliphatic rings. The normalized spacial score (nSPS) is 11.0. The van der Waals surface area contributed by atoms with Crippen LogP contribution in [-0.2, 0) is 16.2 Å². The van der Waals surface area contributed by atoms with E-state index in [1.807, 2.05) is 44.2 Å². The van der Waals surface area contributed by atoms with E-state index in [1.165, 1.54) is 11.0 Å². The van der Waals surface area contributed by atoms with Crippen LogP contribution in [0.4, 0.5) is 5.69 Å². The molecule has 4 aromatic rings. The fourth-order valence-electron chi connectivity index (χ4n) is 4.12. The van der Waals surface area contributed by atoms with Crippen molar-refractivity contribution in [1.29, 1.82) is 0 Å². The topological polar surface area (TPSA) is 101 Å². The van der Waals surface area contributed by atoms with Crippen LogP contribution in [0.25, 0.3) is 17.0 Å². The molecule has 0 radical (unpaired) electrons. The molecule has 3 amide bonds. The van der Waals surface area contributed by atoms with Gasteiger partial charge in [-0.05, 0) is 61.9 Å². The number of aryl methyl sites for hydroxylation is 1. The smallest absolute Gasteiger partial charge is 0.251 e. The van der Waals surface area contributed by atoms with Gasteiger partial charge in [0.05, 0.1) is 17.3 Å². The first-order valence-corrected chi connectivity index (χ1v) is 14.0. The van der Waals surface area contributed by atoms with Gasteiger partial charge in [-0.15, -0.1) is 0 Å². The van der Waals surface area contributed by atoms with Gasteiger partial charge < -0.3 is 20.3 Å². The molecule has 0 aliphatic heterocycles. The number of aromatic nitrogens is 1. The second kappa shape index (κ2) is 14.0. The lowest BCUT2D eigenvalue weighted by atomic mass is 10.1. The summed E-state index contributed by atoms with van der Waals surface area (Å²) in [6, 6.07) is 19.7. The van der Waals surface area contributed by atoms with Crippen molar-refractivity contribution in [2.45, 2.75) is 20.5 Å². The molecule has 1 heterocycles. The number of nitrogens with zero attached hydrogens (tertiary/aromatic N) is 2. The van der Waals surface area contributed by atoms with Gasteiger partial charge in [0.1, 0.15) is 17.9 Å². The molecular weight excluding hydrogens is 575 g/mol. The van der Waals surface area contributed by atoms with Gasteiger partial charge in [0.15, 0.2) is 0 Å². The maximum absolute atomic E-state index is 12.9. The van der Waals surface area contributed by atoms with Gasteiger partial charge in [-0.25, -0.2) is 4.98 Å². The van der Waals surface area contributed by atoms with Crippen LogP contribution in [-0.4, -0.2) is 42.8 Å². The summed E-state index contributed by atoms with van der Waals surface area (Å²) in [5, 5.41) is 6.92. The Kier molecular flexibility index (Phi) is 10.2. The minimum atomic E-state index is -0.445. The number of hydrogen-bond acceptors (Lipinski definition) is 5. The lowest BCUT2D eigenvalue weighted by Gasteiger charge is -2.21. The second-order valence-electron chi connectivity index (χ2n) is 9.41. The SMILES string of the molecule is CCNC(=O)c1ccc(C=CC(=O)NCC(=O)N(C)c2ccc(Cl)c(COc3cccc4ccc(C)nc34)c2Cl)cc1. The first-order valence-electron chi connectivity index (χ1n) is 13.2. The Hall–Kier alpha value is -4.40. The Labute approximate surface area is 254 Å². The van der Waals surface area contributed by atoms with Crippen LogP contribution < -0.4 is 20.3 Å². The Morgan fingerprint density at radius 2 is 1.74 bits per heavy atom. The highest BCUT2D eigenvalue weighted by Crippen LogP contribution is 2.35. The molecule has 0 atom stereocenters. The maximum atomic E-state index is 12.9. The number of nitrogens with one attached hydrogen (secondary N) is 2. The molecule has 0 saturated heterocycles. The number of ether oxygens (including phenoxy) is 1. The lowest BCUT2D eigenvalue weighted by molar-refractivity contribution is -0.122. The Balaban J connectivity index is 1.37. The fourth-order valence-corrected chi connectivity index (χ4v) is 4.72.